The third-order valence-electron chi connectivity index (χ3n) is 6.52. The number of amides is 2. The Labute approximate surface area is 192 Å². The van der Waals surface area contributed by atoms with E-state index in [-0.39, 0.29) is 5.91 Å². The van der Waals surface area contributed by atoms with Gasteiger partial charge in [0.05, 0.1) is 18.5 Å². The van der Waals surface area contributed by atoms with E-state index >= 15 is 0 Å². The second kappa shape index (κ2) is 9.13. The number of carbonyl (C=O) groups excluding carboxylic acids is 2. The number of nitrogens with zero attached hydrogens (tertiary/aromatic N) is 3. The summed E-state index contributed by atoms with van der Waals surface area (Å²) in [5, 5.41) is 2.71. The van der Waals surface area contributed by atoms with Crippen molar-refractivity contribution in [1.29, 1.82) is 0 Å². The molecular weight excluding hydrogens is 424 g/mol. The van der Waals surface area contributed by atoms with Gasteiger partial charge in [-0.1, -0.05) is 23.9 Å². The highest BCUT2D eigenvalue weighted by Crippen LogP contribution is 2.49. The summed E-state index contributed by atoms with van der Waals surface area (Å²) in [6.07, 6.45) is 2.49. The Bertz CT molecular complexity index is 1030. The molecule has 5 rings (SSSR count). The first-order chi connectivity index (χ1) is 15.6. The molecule has 1 N–H and O–H groups in total. The third-order valence-corrected chi connectivity index (χ3v) is 7.65. The van der Waals surface area contributed by atoms with Gasteiger partial charge in [-0.15, -0.1) is 0 Å². The average Bonchev–Trinajstić information content (AvgIpc) is 3.29. The Morgan fingerprint density at radius 3 is 2.81 bits per heavy atom. The zero-order chi connectivity index (χ0) is 22.1. The van der Waals surface area contributed by atoms with Crippen LogP contribution in [0.5, 0.6) is 0 Å². The van der Waals surface area contributed by atoms with Crippen LogP contribution in [-0.2, 0) is 9.53 Å². The van der Waals surface area contributed by atoms with Gasteiger partial charge in [0.15, 0.2) is 0 Å². The van der Waals surface area contributed by atoms with Crippen LogP contribution in [0.15, 0.2) is 52.3 Å². The van der Waals surface area contributed by atoms with Crippen molar-refractivity contribution in [2.24, 2.45) is 0 Å². The van der Waals surface area contributed by atoms with Crippen LogP contribution in [0.3, 0.4) is 0 Å². The number of hydrogen-bond donors (Lipinski definition) is 1. The minimum Gasteiger partial charge on any atom is -0.453 e. The van der Waals surface area contributed by atoms with Crippen LogP contribution in [0.1, 0.15) is 19.3 Å². The Balaban J connectivity index is 1.36. The molecule has 2 fully saturated rings. The number of piperazine rings is 1. The summed E-state index contributed by atoms with van der Waals surface area (Å²) in [6.45, 7) is 5.18. The summed E-state index contributed by atoms with van der Waals surface area (Å²) < 4.78 is 4.72. The number of ether oxygens (including phenoxy) is 1. The van der Waals surface area contributed by atoms with E-state index in [4.69, 9.17) is 4.74 Å². The van der Waals surface area contributed by atoms with Crippen LogP contribution >= 0.6 is 11.8 Å². The molecule has 0 saturated carbocycles. The number of fused-ring (bicyclic) bond motifs is 3. The molecule has 7 nitrogen and oxygen atoms in total. The van der Waals surface area contributed by atoms with Crippen LogP contribution in [0.4, 0.5) is 21.9 Å². The first kappa shape index (κ1) is 21.3. The first-order valence-electron chi connectivity index (χ1n) is 11.2. The van der Waals surface area contributed by atoms with E-state index in [0.29, 0.717) is 18.2 Å². The normalized spacial score (nSPS) is 20.3. The van der Waals surface area contributed by atoms with Crippen molar-refractivity contribution in [3.8, 4) is 0 Å². The zero-order valence-corrected chi connectivity index (χ0v) is 19.1. The first-order valence-corrected chi connectivity index (χ1v) is 12.0. The lowest BCUT2D eigenvalue weighted by Crippen LogP contribution is -2.50. The highest BCUT2D eigenvalue weighted by molar-refractivity contribution is 7.99. The van der Waals surface area contributed by atoms with Gasteiger partial charge in [0.1, 0.15) is 0 Å². The highest BCUT2D eigenvalue weighted by atomic mass is 32.2. The Morgan fingerprint density at radius 2 is 1.94 bits per heavy atom. The van der Waals surface area contributed by atoms with Gasteiger partial charge >= 0.3 is 6.09 Å². The molecule has 0 spiro atoms. The lowest BCUT2D eigenvalue weighted by Gasteiger charge is -2.38. The molecule has 0 aromatic heterocycles. The minimum absolute atomic E-state index is 0.0723. The van der Waals surface area contributed by atoms with Gasteiger partial charge in [0.2, 0.25) is 5.91 Å². The van der Waals surface area contributed by atoms with Crippen molar-refractivity contribution in [2.45, 2.75) is 35.1 Å². The lowest BCUT2D eigenvalue weighted by molar-refractivity contribution is -0.118. The molecule has 0 unspecified atom stereocenters. The number of methoxy groups -OCH3 is 1. The molecule has 3 aliphatic rings. The number of para-hydroxylation sites is 1. The maximum Gasteiger partial charge on any atom is 0.411 e. The second-order valence-corrected chi connectivity index (χ2v) is 9.56. The smallest absolute Gasteiger partial charge is 0.411 e. The maximum absolute atomic E-state index is 13.6. The molecule has 0 bridgehead atoms. The van der Waals surface area contributed by atoms with Crippen LogP contribution in [0.25, 0.3) is 0 Å². The molecule has 2 aromatic carbocycles. The van der Waals surface area contributed by atoms with Crippen molar-refractivity contribution in [2.75, 3.05) is 50.1 Å². The molecule has 2 aromatic rings. The minimum atomic E-state index is -0.530. The zero-order valence-electron chi connectivity index (χ0n) is 18.3. The number of carbonyl (C=O) groups is 2. The van der Waals surface area contributed by atoms with Gasteiger partial charge in [0.25, 0.3) is 0 Å². The van der Waals surface area contributed by atoms with Crippen LogP contribution < -0.4 is 10.2 Å². The molecule has 2 amide bonds. The Kier molecular flexibility index (Phi) is 6.08. The molecule has 3 heterocycles. The van der Waals surface area contributed by atoms with E-state index in [1.54, 1.807) is 11.8 Å². The number of benzene rings is 2. The Hall–Kier alpha value is -2.55. The predicted molar refractivity (Wildman–Crippen MR) is 126 cm³/mol. The predicted octanol–water partition coefficient (Wildman–Crippen LogP) is 4.16. The van der Waals surface area contributed by atoms with Crippen molar-refractivity contribution >= 4 is 40.8 Å². The summed E-state index contributed by atoms with van der Waals surface area (Å²) in [4.78, 5) is 34.1. The number of anilines is 3. The van der Waals surface area contributed by atoms with Crippen molar-refractivity contribution < 1.29 is 14.3 Å². The van der Waals surface area contributed by atoms with Gasteiger partial charge < -0.3 is 4.74 Å². The van der Waals surface area contributed by atoms with E-state index in [1.165, 1.54) is 26.5 Å². The fourth-order valence-electron chi connectivity index (χ4n) is 4.89. The van der Waals surface area contributed by atoms with Gasteiger partial charge in [-0.2, -0.15) is 0 Å². The van der Waals surface area contributed by atoms with E-state index in [0.717, 1.165) is 47.3 Å². The largest absolute Gasteiger partial charge is 0.453 e. The Morgan fingerprint density at radius 1 is 1.09 bits per heavy atom. The van der Waals surface area contributed by atoms with E-state index in [2.05, 4.69) is 15.1 Å². The van der Waals surface area contributed by atoms with E-state index < -0.39 is 6.09 Å². The second-order valence-electron chi connectivity index (χ2n) is 8.48. The van der Waals surface area contributed by atoms with Crippen LogP contribution in [0, 0.1) is 0 Å². The van der Waals surface area contributed by atoms with Gasteiger partial charge in [-0.25, -0.2) is 4.79 Å². The summed E-state index contributed by atoms with van der Waals surface area (Å²) >= 11 is 1.64. The van der Waals surface area contributed by atoms with Gasteiger partial charge in [0, 0.05) is 54.1 Å². The third kappa shape index (κ3) is 4.22. The molecule has 168 valence electrons. The van der Waals surface area contributed by atoms with Crippen molar-refractivity contribution in [3.05, 3.63) is 42.5 Å². The molecule has 2 saturated heterocycles. The molecule has 0 aliphatic carbocycles. The number of rotatable bonds is 4. The standard InChI is InChI=1S/C24H28N4O3S/c1-31-24(30)25-17-8-9-22-20(15-17)28(19-6-2-3-7-21(19)32-22)23(29)10-12-26-13-14-27-11-4-5-18(27)16-26/h2-3,6-9,15,18H,4-5,10-14,16H2,1H3,(H,25,30)/t18-/m1/s1. The van der Waals surface area contributed by atoms with Crippen LogP contribution in [-0.4, -0.2) is 67.7 Å². The van der Waals surface area contributed by atoms with E-state index in [1.807, 2.05) is 47.4 Å². The van der Waals surface area contributed by atoms with Crippen molar-refractivity contribution in [3.63, 3.8) is 0 Å². The molecule has 0 radical (unpaired) electrons. The molecule has 8 heteroatoms. The summed E-state index contributed by atoms with van der Waals surface area (Å²) in [6, 6.07) is 14.3. The molecular formula is C24H28N4O3S. The molecule has 3 aliphatic heterocycles. The van der Waals surface area contributed by atoms with Gasteiger partial charge in [-0.05, 0) is 49.7 Å². The van der Waals surface area contributed by atoms with Gasteiger partial charge in [-0.3, -0.25) is 24.8 Å². The van der Waals surface area contributed by atoms with Crippen molar-refractivity contribution in [1.82, 2.24) is 9.80 Å². The fourth-order valence-corrected chi connectivity index (χ4v) is 5.93. The SMILES string of the molecule is COC(=O)Nc1ccc2c(c1)N(C(=O)CCN1CCN3CCC[C@@H]3C1)c1ccccc1S2. The summed E-state index contributed by atoms with van der Waals surface area (Å²) in [5.74, 6) is 0.0723. The van der Waals surface area contributed by atoms with E-state index in [9.17, 15) is 9.59 Å². The summed E-state index contributed by atoms with van der Waals surface area (Å²) in [5.41, 5.74) is 2.30. The topological polar surface area (TPSA) is 65.1 Å². The molecule has 32 heavy (non-hydrogen) atoms. The average molecular weight is 453 g/mol. The number of hydrogen-bond acceptors (Lipinski definition) is 6. The number of nitrogens with one attached hydrogen (secondary N) is 1. The summed E-state index contributed by atoms with van der Waals surface area (Å²) in [7, 11) is 1.33. The highest BCUT2D eigenvalue weighted by Gasteiger charge is 2.32. The fraction of sp³-hybridized carbons (Fsp3) is 0.417. The quantitative estimate of drug-likeness (QED) is 0.751. The maximum atomic E-state index is 13.6. The lowest BCUT2D eigenvalue weighted by atomic mass is 10.1. The monoisotopic (exact) mass is 452 g/mol. The van der Waals surface area contributed by atoms with Crippen LogP contribution in [0.2, 0.25) is 0 Å². The molecule has 1 atom stereocenters.